The molecule has 1 aliphatic heterocycles. The second kappa shape index (κ2) is 6.31. The topological polar surface area (TPSA) is 46.3 Å². The fourth-order valence-corrected chi connectivity index (χ4v) is 4.30. The van der Waals surface area contributed by atoms with Crippen molar-refractivity contribution >= 4 is 17.3 Å². The molecule has 0 radical (unpaired) electrons. The summed E-state index contributed by atoms with van der Waals surface area (Å²) in [5, 5.41) is 0. The molecule has 0 aromatic heterocycles. The SMILES string of the molecule is Nc1cccc2c1CCCN2C(=O)CC1CCCc2ccccc21. The van der Waals surface area contributed by atoms with E-state index in [-0.39, 0.29) is 5.91 Å². The fourth-order valence-electron chi connectivity index (χ4n) is 4.30. The van der Waals surface area contributed by atoms with Gasteiger partial charge in [0, 0.05) is 24.3 Å². The first kappa shape index (κ1) is 15.3. The largest absolute Gasteiger partial charge is 0.398 e. The highest BCUT2D eigenvalue weighted by atomic mass is 16.2. The number of amides is 1. The van der Waals surface area contributed by atoms with Crippen LogP contribution in [0.5, 0.6) is 0 Å². The van der Waals surface area contributed by atoms with Gasteiger partial charge in [0.2, 0.25) is 5.91 Å². The number of benzene rings is 2. The summed E-state index contributed by atoms with van der Waals surface area (Å²) in [6, 6.07) is 14.5. The number of carbonyl (C=O) groups excluding carboxylic acids is 1. The molecule has 0 spiro atoms. The zero-order valence-corrected chi connectivity index (χ0v) is 14.0. The van der Waals surface area contributed by atoms with Crippen LogP contribution in [0, 0.1) is 0 Å². The van der Waals surface area contributed by atoms with Crippen LogP contribution in [-0.2, 0) is 17.6 Å². The normalized spacial score (nSPS) is 19.5. The number of anilines is 2. The predicted octanol–water partition coefficient (Wildman–Crippen LogP) is 4.06. The van der Waals surface area contributed by atoms with Crippen molar-refractivity contribution in [2.24, 2.45) is 0 Å². The molecule has 1 amide bonds. The van der Waals surface area contributed by atoms with E-state index in [2.05, 4.69) is 24.3 Å². The van der Waals surface area contributed by atoms with Crippen LogP contribution in [0.1, 0.15) is 48.3 Å². The van der Waals surface area contributed by atoms with Gasteiger partial charge in [-0.25, -0.2) is 0 Å². The van der Waals surface area contributed by atoms with Crippen LogP contribution < -0.4 is 10.6 Å². The summed E-state index contributed by atoms with van der Waals surface area (Å²) in [5.41, 5.74) is 11.9. The number of carbonyl (C=O) groups is 1. The molecule has 2 aromatic carbocycles. The van der Waals surface area contributed by atoms with Gasteiger partial charge in [0.25, 0.3) is 0 Å². The Morgan fingerprint density at radius 1 is 1.08 bits per heavy atom. The lowest BCUT2D eigenvalue weighted by Crippen LogP contribution is -2.36. The molecule has 124 valence electrons. The second-order valence-corrected chi connectivity index (χ2v) is 6.99. The number of aryl methyl sites for hydroxylation is 1. The Hall–Kier alpha value is -2.29. The van der Waals surface area contributed by atoms with Gasteiger partial charge >= 0.3 is 0 Å². The Bertz CT molecular complexity index is 768. The van der Waals surface area contributed by atoms with E-state index in [1.54, 1.807) is 0 Å². The third-order valence-corrected chi connectivity index (χ3v) is 5.50. The molecule has 2 N–H and O–H groups in total. The highest BCUT2D eigenvalue weighted by Crippen LogP contribution is 2.36. The molecule has 0 saturated carbocycles. The summed E-state index contributed by atoms with van der Waals surface area (Å²) in [5.74, 6) is 0.595. The molecule has 2 aliphatic rings. The first-order valence-electron chi connectivity index (χ1n) is 8.99. The maximum absolute atomic E-state index is 13.0. The molecule has 4 rings (SSSR count). The molecule has 2 aromatic rings. The summed E-state index contributed by atoms with van der Waals surface area (Å²) in [6.45, 7) is 0.809. The van der Waals surface area contributed by atoms with Gasteiger partial charge in [0.15, 0.2) is 0 Å². The first-order valence-corrected chi connectivity index (χ1v) is 8.99. The zero-order valence-electron chi connectivity index (χ0n) is 14.0. The lowest BCUT2D eigenvalue weighted by atomic mass is 9.81. The number of hydrogen-bond donors (Lipinski definition) is 1. The van der Waals surface area contributed by atoms with Crippen LogP contribution >= 0.6 is 0 Å². The summed E-state index contributed by atoms with van der Waals surface area (Å²) < 4.78 is 0. The van der Waals surface area contributed by atoms with Gasteiger partial charge in [-0.2, -0.15) is 0 Å². The summed E-state index contributed by atoms with van der Waals surface area (Å²) in [4.78, 5) is 15.0. The Morgan fingerprint density at radius 3 is 2.88 bits per heavy atom. The quantitative estimate of drug-likeness (QED) is 0.848. The number of fused-ring (bicyclic) bond motifs is 2. The Kier molecular flexibility index (Phi) is 4.01. The van der Waals surface area contributed by atoms with Gasteiger partial charge in [-0.05, 0) is 66.8 Å². The van der Waals surface area contributed by atoms with E-state index in [1.165, 1.54) is 17.5 Å². The number of nitrogens with two attached hydrogens (primary N) is 1. The molecular formula is C21H24N2O. The van der Waals surface area contributed by atoms with Crippen molar-refractivity contribution in [3.8, 4) is 0 Å². The van der Waals surface area contributed by atoms with Crippen molar-refractivity contribution < 1.29 is 4.79 Å². The lowest BCUT2D eigenvalue weighted by Gasteiger charge is -2.32. The monoisotopic (exact) mass is 320 g/mol. The summed E-state index contributed by atoms with van der Waals surface area (Å²) in [6.07, 6.45) is 6.00. The smallest absolute Gasteiger partial charge is 0.227 e. The van der Waals surface area contributed by atoms with E-state index in [1.807, 2.05) is 23.1 Å². The lowest BCUT2D eigenvalue weighted by molar-refractivity contribution is -0.119. The average molecular weight is 320 g/mol. The molecule has 24 heavy (non-hydrogen) atoms. The van der Waals surface area contributed by atoms with Gasteiger partial charge < -0.3 is 10.6 Å². The van der Waals surface area contributed by atoms with Crippen LogP contribution in [-0.4, -0.2) is 12.5 Å². The highest BCUT2D eigenvalue weighted by molar-refractivity contribution is 5.96. The van der Waals surface area contributed by atoms with Gasteiger partial charge in [0.1, 0.15) is 0 Å². The third-order valence-electron chi connectivity index (χ3n) is 5.50. The van der Waals surface area contributed by atoms with E-state index in [9.17, 15) is 4.79 Å². The minimum atomic E-state index is 0.239. The molecule has 0 saturated heterocycles. The molecular weight excluding hydrogens is 296 g/mol. The van der Waals surface area contributed by atoms with Crippen molar-refractivity contribution in [3.05, 3.63) is 59.2 Å². The molecule has 3 nitrogen and oxygen atoms in total. The Balaban J connectivity index is 1.58. The van der Waals surface area contributed by atoms with E-state index < -0.39 is 0 Å². The fraction of sp³-hybridized carbons (Fsp3) is 0.381. The Labute approximate surface area is 143 Å². The highest BCUT2D eigenvalue weighted by Gasteiger charge is 2.28. The number of hydrogen-bond acceptors (Lipinski definition) is 2. The van der Waals surface area contributed by atoms with Gasteiger partial charge in [-0.1, -0.05) is 30.3 Å². The van der Waals surface area contributed by atoms with Crippen molar-refractivity contribution in [1.29, 1.82) is 0 Å². The van der Waals surface area contributed by atoms with Crippen molar-refractivity contribution in [2.75, 3.05) is 17.2 Å². The molecule has 3 heteroatoms. The van der Waals surface area contributed by atoms with Crippen molar-refractivity contribution in [2.45, 2.75) is 44.4 Å². The summed E-state index contributed by atoms with van der Waals surface area (Å²) >= 11 is 0. The van der Waals surface area contributed by atoms with E-state index >= 15 is 0 Å². The predicted molar refractivity (Wildman–Crippen MR) is 98.3 cm³/mol. The van der Waals surface area contributed by atoms with E-state index in [0.717, 1.165) is 49.2 Å². The first-order chi connectivity index (χ1) is 11.7. The molecule has 0 fully saturated rings. The number of nitrogens with zero attached hydrogens (tertiary/aromatic N) is 1. The second-order valence-electron chi connectivity index (χ2n) is 6.99. The minimum Gasteiger partial charge on any atom is -0.398 e. The van der Waals surface area contributed by atoms with E-state index in [4.69, 9.17) is 5.73 Å². The Morgan fingerprint density at radius 2 is 1.96 bits per heavy atom. The van der Waals surface area contributed by atoms with E-state index in [0.29, 0.717) is 12.3 Å². The molecule has 1 heterocycles. The maximum atomic E-state index is 13.0. The van der Waals surface area contributed by atoms with Crippen LogP contribution in [0.3, 0.4) is 0 Å². The molecule has 1 unspecified atom stereocenters. The van der Waals surface area contributed by atoms with Gasteiger partial charge in [-0.3, -0.25) is 4.79 Å². The van der Waals surface area contributed by atoms with Gasteiger partial charge in [-0.15, -0.1) is 0 Å². The van der Waals surface area contributed by atoms with Crippen LogP contribution in [0.15, 0.2) is 42.5 Å². The van der Waals surface area contributed by atoms with Crippen LogP contribution in [0.4, 0.5) is 11.4 Å². The standard InChI is InChI=1S/C21H24N2O/c22-19-11-4-12-20-18(19)10-5-13-23(20)21(24)14-16-8-3-7-15-6-1-2-9-17(15)16/h1-2,4,6,9,11-12,16H,3,5,7-8,10,13-14,22H2. The van der Waals surface area contributed by atoms with Crippen molar-refractivity contribution in [3.63, 3.8) is 0 Å². The molecule has 0 bridgehead atoms. The van der Waals surface area contributed by atoms with Crippen molar-refractivity contribution in [1.82, 2.24) is 0 Å². The maximum Gasteiger partial charge on any atom is 0.227 e. The average Bonchev–Trinajstić information content (AvgIpc) is 2.62. The minimum absolute atomic E-state index is 0.239. The molecule has 1 atom stereocenters. The zero-order chi connectivity index (χ0) is 16.5. The molecule has 1 aliphatic carbocycles. The van der Waals surface area contributed by atoms with Crippen LogP contribution in [0.25, 0.3) is 0 Å². The number of rotatable bonds is 2. The van der Waals surface area contributed by atoms with Crippen LogP contribution in [0.2, 0.25) is 0 Å². The van der Waals surface area contributed by atoms with Gasteiger partial charge in [0.05, 0.1) is 0 Å². The third kappa shape index (κ3) is 2.68. The number of nitrogen functional groups attached to an aromatic ring is 1. The summed E-state index contributed by atoms with van der Waals surface area (Å²) in [7, 11) is 0.